The molecule has 0 aliphatic carbocycles. The van der Waals surface area contributed by atoms with E-state index in [4.69, 9.17) is 0 Å². The fourth-order valence-corrected chi connectivity index (χ4v) is 4.00. The van der Waals surface area contributed by atoms with Crippen molar-refractivity contribution in [2.45, 2.75) is 25.8 Å². The van der Waals surface area contributed by atoms with Gasteiger partial charge in [0.2, 0.25) is 0 Å². The zero-order valence-corrected chi connectivity index (χ0v) is 15.1. The summed E-state index contributed by atoms with van der Waals surface area (Å²) >= 11 is 2.37. The highest BCUT2D eigenvalue weighted by atomic mass is 127. The van der Waals surface area contributed by atoms with Crippen LogP contribution in [0.4, 0.5) is 5.69 Å². The van der Waals surface area contributed by atoms with Crippen molar-refractivity contribution in [3.8, 4) is 0 Å². The van der Waals surface area contributed by atoms with E-state index in [0.29, 0.717) is 6.04 Å². The number of piperidine rings is 1. The monoisotopic (exact) mass is 399 g/mol. The zero-order valence-electron chi connectivity index (χ0n) is 12.9. The van der Waals surface area contributed by atoms with Gasteiger partial charge in [-0.25, -0.2) is 0 Å². The summed E-state index contributed by atoms with van der Waals surface area (Å²) in [6, 6.07) is 9.57. The first-order valence-electron chi connectivity index (χ1n) is 8.17. The van der Waals surface area contributed by atoms with Gasteiger partial charge in [-0.15, -0.1) is 0 Å². The van der Waals surface area contributed by atoms with Crippen LogP contribution in [-0.4, -0.2) is 50.2 Å². The predicted octanol–water partition coefficient (Wildman–Crippen LogP) is 2.80. The highest BCUT2D eigenvalue weighted by Gasteiger charge is 2.26. The minimum atomic E-state index is 0.612. The van der Waals surface area contributed by atoms with Gasteiger partial charge in [-0.05, 0) is 85.6 Å². The van der Waals surface area contributed by atoms with E-state index < -0.39 is 0 Å². The smallest absolute Gasteiger partial charge is 0.0389 e. The molecular formula is C17H26IN3. The van der Waals surface area contributed by atoms with E-state index in [1.165, 1.54) is 54.8 Å². The second-order valence-electron chi connectivity index (χ2n) is 6.47. The normalized spacial score (nSPS) is 25.2. The maximum absolute atomic E-state index is 3.47. The van der Waals surface area contributed by atoms with Crippen LogP contribution in [0.2, 0.25) is 0 Å². The summed E-state index contributed by atoms with van der Waals surface area (Å²) in [7, 11) is 0. The van der Waals surface area contributed by atoms with Crippen molar-refractivity contribution in [2.75, 3.05) is 44.2 Å². The first kappa shape index (κ1) is 15.6. The van der Waals surface area contributed by atoms with Crippen molar-refractivity contribution in [3.63, 3.8) is 0 Å². The van der Waals surface area contributed by atoms with Crippen molar-refractivity contribution in [2.24, 2.45) is 5.92 Å². The molecule has 116 valence electrons. The van der Waals surface area contributed by atoms with Crippen LogP contribution in [0.5, 0.6) is 0 Å². The quantitative estimate of drug-likeness (QED) is 0.789. The third-order valence-corrected chi connectivity index (χ3v) is 5.56. The van der Waals surface area contributed by atoms with Gasteiger partial charge in [-0.2, -0.15) is 0 Å². The number of anilines is 1. The minimum Gasteiger partial charge on any atom is -0.366 e. The molecule has 1 N–H and O–H groups in total. The van der Waals surface area contributed by atoms with Gasteiger partial charge in [-0.1, -0.05) is 0 Å². The average molecular weight is 399 g/mol. The molecule has 0 saturated carbocycles. The third-order valence-electron chi connectivity index (χ3n) is 4.85. The maximum Gasteiger partial charge on any atom is 0.0389 e. The van der Waals surface area contributed by atoms with Crippen LogP contribution in [-0.2, 0) is 0 Å². The van der Waals surface area contributed by atoms with E-state index in [0.717, 1.165) is 12.5 Å². The van der Waals surface area contributed by atoms with E-state index >= 15 is 0 Å². The summed E-state index contributed by atoms with van der Waals surface area (Å²) in [5.74, 6) is 0.906. The van der Waals surface area contributed by atoms with Crippen LogP contribution in [0.15, 0.2) is 24.3 Å². The molecule has 0 bridgehead atoms. The van der Waals surface area contributed by atoms with Gasteiger partial charge < -0.3 is 10.2 Å². The van der Waals surface area contributed by atoms with Crippen molar-refractivity contribution in [1.29, 1.82) is 0 Å². The summed E-state index contributed by atoms with van der Waals surface area (Å²) in [5, 5.41) is 3.47. The summed E-state index contributed by atoms with van der Waals surface area (Å²) in [6.45, 7) is 9.66. The van der Waals surface area contributed by atoms with Crippen molar-refractivity contribution >= 4 is 28.3 Å². The lowest BCUT2D eigenvalue weighted by molar-refractivity contribution is 0.178. The van der Waals surface area contributed by atoms with E-state index in [-0.39, 0.29) is 0 Å². The summed E-state index contributed by atoms with van der Waals surface area (Å²) < 4.78 is 1.31. The van der Waals surface area contributed by atoms with Gasteiger partial charge in [0, 0.05) is 41.5 Å². The van der Waals surface area contributed by atoms with Gasteiger partial charge in [0.25, 0.3) is 0 Å². The van der Waals surface area contributed by atoms with Crippen LogP contribution in [0.3, 0.4) is 0 Å². The average Bonchev–Trinajstić information content (AvgIpc) is 2.50. The Labute approximate surface area is 142 Å². The molecule has 3 rings (SSSR count). The molecule has 3 nitrogen and oxygen atoms in total. The first-order valence-corrected chi connectivity index (χ1v) is 9.25. The molecule has 0 amide bonds. The number of hydrogen-bond donors (Lipinski definition) is 1. The molecule has 0 aromatic heterocycles. The molecule has 0 spiro atoms. The topological polar surface area (TPSA) is 18.5 Å². The maximum atomic E-state index is 3.47. The van der Waals surface area contributed by atoms with E-state index in [9.17, 15) is 0 Å². The number of hydrogen-bond acceptors (Lipinski definition) is 3. The number of nitrogens with one attached hydrogen (secondary N) is 1. The molecule has 2 aliphatic rings. The highest BCUT2D eigenvalue weighted by molar-refractivity contribution is 14.1. The van der Waals surface area contributed by atoms with Crippen LogP contribution in [0.1, 0.15) is 19.8 Å². The predicted molar refractivity (Wildman–Crippen MR) is 98.0 cm³/mol. The second-order valence-corrected chi connectivity index (χ2v) is 7.72. The molecule has 1 aromatic rings. The lowest BCUT2D eigenvalue weighted by Crippen LogP contribution is -2.53. The molecule has 1 atom stereocenters. The zero-order chi connectivity index (χ0) is 14.7. The van der Waals surface area contributed by atoms with Crippen LogP contribution in [0, 0.1) is 9.49 Å². The molecule has 2 heterocycles. The SMILES string of the molecule is CC1CN(CC2CCNCC2)CCN1c1ccc(I)cc1. The molecule has 1 aromatic carbocycles. The molecule has 4 heteroatoms. The summed E-state index contributed by atoms with van der Waals surface area (Å²) in [5.41, 5.74) is 1.38. The van der Waals surface area contributed by atoms with Crippen LogP contribution >= 0.6 is 22.6 Å². The molecule has 2 saturated heterocycles. The lowest BCUT2D eigenvalue weighted by Gasteiger charge is -2.42. The summed E-state index contributed by atoms with van der Waals surface area (Å²) in [4.78, 5) is 5.25. The number of halogens is 1. The first-order chi connectivity index (χ1) is 10.2. The van der Waals surface area contributed by atoms with E-state index in [1.54, 1.807) is 0 Å². The van der Waals surface area contributed by atoms with Crippen LogP contribution < -0.4 is 10.2 Å². The van der Waals surface area contributed by atoms with E-state index in [1.807, 2.05) is 0 Å². The van der Waals surface area contributed by atoms with Gasteiger partial charge in [-0.3, -0.25) is 4.90 Å². The molecule has 2 aliphatic heterocycles. The number of rotatable bonds is 3. The molecular weight excluding hydrogens is 373 g/mol. The standard InChI is InChI=1S/C17H26IN3/c1-14-12-20(13-15-6-8-19-9-7-15)10-11-21(14)17-4-2-16(18)3-5-17/h2-5,14-15,19H,6-13H2,1H3. The van der Waals surface area contributed by atoms with Gasteiger partial charge in [0.15, 0.2) is 0 Å². The summed E-state index contributed by atoms with van der Waals surface area (Å²) in [6.07, 6.45) is 2.71. The largest absolute Gasteiger partial charge is 0.366 e. The Kier molecular flexibility index (Phi) is 5.40. The van der Waals surface area contributed by atoms with Gasteiger partial charge >= 0.3 is 0 Å². The van der Waals surface area contributed by atoms with Crippen molar-refractivity contribution in [1.82, 2.24) is 10.2 Å². The number of piperazine rings is 1. The van der Waals surface area contributed by atoms with Gasteiger partial charge in [0.1, 0.15) is 0 Å². The Morgan fingerprint density at radius 1 is 1.14 bits per heavy atom. The Morgan fingerprint density at radius 3 is 2.52 bits per heavy atom. The fraction of sp³-hybridized carbons (Fsp3) is 0.647. The van der Waals surface area contributed by atoms with Crippen molar-refractivity contribution in [3.05, 3.63) is 27.8 Å². The van der Waals surface area contributed by atoms with Crippen molar-refractivity contribution < 1.29 is 0 Å². The molecule has 2 fully saturated rings. The molecule has 21 heavy (non-hydrogen) atoms. The third kappa shape index (κ3) is 4.11. The Morgan fingerprint density at radius 2 is 1.86 bits per heavy atom. The molecule has 1 unspecified atom stereocenters. The Hall–Kier alpha value is -0.330. The highest BCUT2D eigenvalue weighted by Crippen LogP contribution is 2.23. The number of benzene rings is 1. The second kappa shape index (κ2) is 7.29. The van der Waals surface area contributed by atoms with Gasteiger partial charge in [0.05, 0.1) is 0 Å². The fourth-order valence-electron chi connectivity index (χ4n) is 3.64. The minimum absolute atomic E-state index is 0.612. The number of nitrogens with zero attached hydrogens (tertiary/aromatic N) is 2. The lowest BCUT2D eigenvalue weighted by atomic mass is 9.97. The Balaban J connectivity index is 1.55. The van der Waals surface area contributed by atoms with E-state index in [2.05, 4.69) is 68.9 Å². The van der Waals surface area contributed by atoms with Crippen LogP contribution in [0.25, 0.3) is 0 Å². The Bertz CT molecular complexity index is 442. The molecule has 0 radical (unpaired) electrons.